The summed E-state index contributed by atoms with van der Waals surface area (Å²) in [5.74, 6) is 1.63. The molecule has 1 heterocycles. The Morgan fingerprint density at radius 2 is 1.94 bits per heavy atom. The summed E-state index contributed by atoms with van der Waals surface area (Å²) >= 11 is 0. The van der Waals surface area contributed by atoms with Gasteiger partial charge in [-0.25, -0.2) is 9.97 Å². The van der Waals surface area contributed by atoms with Crippen molar-refractivity contribution in [3.8, 4) is 11.4 Å². The Hall–Kier alpha value is -1.70. The van der Waals surface area contributed by atoms with Crippen LogP contribution in [0.25, 0.3) is 11.4 Å². The zero-order chi connectivity index (χ0) is 12.5. The molecule has 2 heteroatoms. The Bertz CT molecular complexity index is 558. The minimum atomic E-state index is 0.770. The molecule has 0 fully saturated rings. The predicted octanol–water partition coefficient (Wildman–Crippen LogP) is 3.58. The van der Waals surface area contributed by atoms with Gasteiger partial charge in [-0.05, 0) is 37.7 Å². The molecule has 2 aromatic rings. The normalized spacial score (nSPS) is 18.4. The molecule has 0 spiro atoms. The number of rotatable bonds is 1. The summed E-state index contributed by atoms with van der Waals surface area (Å²) in [4.78, 5) is 9.25. The molecule has 1 aliphatic rings. The van der Waals surface area contributed by atoms with E-state index in [4.69, 9.17) is 4.98 Å². The van der Waals surface area contributed by atoms with Crippen LogP contribution in [-0.4, -0.2) is 9.97 Å². The Morgan fingerprint density at radius 1 is 1.17 bits per heavy atom. The molecule has 3 rings (SSSR count). The number of aromatic nitrogens is 2. The van der Waals surface area contributed by atoms with E-state index in [9.17, 15) is 0 Å². The van der Waals surface area contributed by atoms with Gasteiger partial charge in [-0.3, -0.25) is 0 Å². The van der Waals surface area contributed by atoms with Crippen LogP contribution in [0.1, 0.15) is 30.2 Å². The Kier molecular flexibility index (Phi) is 2.86. The van der Waals surface area contributed by atoms with Crippen LogP contribution in [0.3, 0.4) is 0 Å². The van der Waals surface area contributed by atoms with Gasteiger partial charge < -0.3 is 0 Å². The van der Waals surface area contributed by atoms with Crippen molar-refractivity contribution >= 4 is 0 Å². The quantitative estimate of drug-likeness (QED) is 0.759. The number of hydrogen-bond donors (Lipinski definition) is 0. The molecule has 1 unspecified atom stereocenters. The smallest absolute Gasteiger partial charge is 0.159 e. The Labute approximate surface area is 108 Å². The molecule has 2 nitrogen and oxygen atoms in total. The molecule has 1 aliphatic carbocycles. The molecule has 0 bridgehead atoms. The van der Waals surface area contributed by atoms with Gasteiger partial charge >= 0.3 is 0 Å². The first-order valence-corrected chi connectivity index (χ1v) is 6.64. The predicted molar refractivity (Wildman–Crippen MR) is 73.4 cm³/mol. The summed E-state index contributed by atoms with van der Waals surface area (Å²) < 4.78 is 0. The number of hydrogen-bond acceptors (Lipinski definition) is 2. The van der Waals surface area contributed by atoms with Crippen molar-refractivity contribution in [1.82, 2.24) is 9.97 Å². The van der Waals surface area contributed by atoms with Crippen molar-refractivity contribution in [3.63, 3.8) is 0 Å². The van der Waals surface area contributed by atoms with Gasteiger partial charge in [0, 0.05) is 17.5 Å². The molecule has 0 N–H and O–H groups in total. The lowest BCUT2D eigenvalue weighted by Gasteiger charge is -2.20. The standard InChI is InChI=1S/C16H18N2/c1-11-3-6-13(7-4-11)16-17-10-14-9-12(2)5-8-15(14)18-16/h3-4,6-7,10,12H,5,8-9H2,1-2H3. The van der Waals surface area contributed by atoms with Crippen molar-refractivity contribution in [2.45, 2.75) is 33.1 Å². The highest BCUT2D eigenvalue weighted by molar-refractivity contribution is 5.55. The lowest BCUT2D eigenvalue weighted by Crippen LogP contribution is -2.14. The van der Waals surface area contributed by atoms with Crippen molar-refractivity contribution < 1.29 is 0 Å². The SMILES string of the molecule is Cc1ccc(-c2ncc3c(n2)CCC(C)C3)cc1. The number of aryl methyl sites for hydroxylation is 2. The third-order valence-electron chi connectivity index (χ3n) is 3.71. The van der Waals surface area contributed by atoms with Crippen molar-refractivity contribution in [2.75, 3.05) is 0 Å². The first kappa shape index (κ1) is 11.4. The molecule has 0 saturated carbocycles. The van der Waals surface area contributed by atoms with Gasteiger partial charge in [-0.2, -0.15) is 0 Å². The maximum Gasteiger partial charge on any atom is 0.159 e. The van der Waals surface area contributed by atoms with Gasteiger partial charge in [0.05, 0.1) is 0 Å². The summed E-state index contributed by atoms with van der Waals surface area (Å²) in [6.07, 6.45) is 5.49. The second-order valence-corrected chi connectivity index (χ2v) is 5.38. The molecular weight excluding hydrogens is 220 g/mol. The minimum absolute atomic E-state index is 0.770. The number of benzene rings is 1. The Balaban J connectivity index is 1.97. The average Bonchev–Trinajstić information content (AvgIpc) is 2.39. The Morgan fingerprint density at radius 3 is 2.72 bits per heavy atom. The number of fused-ring (bicyclic) bond motifs is 1. The monoisotopic (exact) mass is 238 g/mol. The largest absolute Gasteiger partial charge is 0.236 e. The van der Waals surface area contributed by atoms with Crippen molar-refractivity contribution in [2.24, 2.45) is 5.92 Å². The van der Waals surface area contributed by atoms with Crippen LogP contribution in [0.4, 0.5) is 0 Å². The van der Waals surface area contributed by atoms with Gasteiger partial charge in [-0.1, -0.05) is 36.8 Å². The third kappa shape index (κ3) is 2.15. The lowest BCUT2D eigenvalue weighted by molar-refractivity contribution is 0.492. The van der Waals surface area contributed by atoms with E-state index in [1.807, 2.05) is 6.20 Å². The molecule has 0 saturated heterocycles. The van der Waals surface area contributed by atoms with Crippen LogP contribution < -0.4 is 0 Å². The fourth-order valence-corrected chi connectivity index (χ4v) is 2.53. The van der Waals surface area contributed by atoms with Gasteiger partial charge in [0.15, 0.2) is 5.82 Å². The molecule has 1 atom stereocenters. The highest BCUT2D eigenvalue weighted by atomic mass is 14.9. The fraction of sp³-hybridized carbons (Fsp3) is 0.375. The molecule has 0 radical (unpaired) electrons. The molecule has 1 aromatic carbocycles. The maximum absolute atomic E-state index is 4.74. The summed E-state index contributed by atoms with van der Waals surface area (Å²) in [5, 5.41) is 0. The topological polar surface area (TPSA) is 25.8 Å². The van der Waals surface area contributed by atoms with E-state index in [0.29, 0.717) is 0 Å². The second kappa shape index (κ2) is 4.52. The van der Waals surface area contributed by atoms with Gasteiger partial charge in [0.1, 0.15) is 0 Å². The average molecular weight is 238 g/mol. The molecule has 0 amide bonds. The van der Waals surface area contributed by atoms with Crippen LogP contribution >= 0.6 is 0 Å². The van der Waals surface area contributed by atoms with Gasteiger partial charge in [-0.15, -0.1) is 0 Å². The van der Waals surface area contributed by atoms with E-state index in [1.165, 1.54) is 23.2 Å². The summed E-state index contributed by atoms with van der Waals surface area (Å²) in [5.41, 5.74) is 4.97. The van der Waals surface area contributed by atoms with E-state index in [2.05, 4.69) is 43.1 Å². The van der Waals surface area contributed by atoms with E-state index in [1.54, 1.807) is 0 Å². The molecule has 92 valence electrons. The van der Waals surface area contributed by atoms with Crippen LogP contribution in [0.5, 0.6) is 0 Å². The second-order valence-electron chi connectivity index (χ2n) is 5.38. The zero-order valence-electron chi connectivity index (χ0n) is 11.0. The first-order valence-electron chi connectivity index (χ1n) is 6.64. The lowest BCUT2D eigenvalue weighted by atomic mass is 9.89. The molecule has 0 aliphatic heterocycles. The van der Waals surface area contributed by atoms with E-state index < -0.39 is 0 Å². The van der Waals surface area contributed by atoms with E-state index in [-0.39, 0.29) is 0 Å². The first-order chi connectivity index (χ1) is 8.72. The molecule has 1 aromatic heterocycles. The molecule has 18 heavy (non-hydrogen) atoms. The minimum Gasteiger partial charge on any atom is -0.236 e. The van der Waals surface area contributed by atoms with Crippen LogP contribution in [0.15, 0.2) is 30.5 Å². The van der Waals surface area contributed by atoms with Crippen molar-refractivity contribution in [1.29, 1.82) is 0 Å². The van der Waals surface area contributed by atoms with E-state index in [0.717, 1.165) is 30.1 Å². The number of nitrogens with zero attached hydrogens (tertiary/aromatic N) is 2. The highest BCUT2D eigenvalue weighted by Gasteiger charge is 2.17. The molecular formula is C16H18N2. The van der Waals surface area contributed by atoms with E-state index >= 15 is 0 Å². The summed E-state index contributed by atoms with van der Waals surface area (Å²) in [6.45, 7) is 4.40. The fourth-order valence-electron chi connectivity index (χ4n) is 2.53. The van der Waals surface area contributed by atoms with Crippen molar-refractivity contribution in [3.05, 3.63) is 47.3 Å². The van der Waals surface area contributed by atoms with Gasteiger partial charge in [0.25, 0.3) is 0 Å². The van der Waals surface area contributed by atoms with Crippen LogP contribution in [-0.2, 0) is 12.8 Å². The summed E-state index contributed by atoms with van der Waals surface area (Å²) in [6, 6.07) is 8.42. The highest BCUT2D eigenvalue weighted by Crippen LogP contribution is 2.25. The van der Waals surface area contributed by atoms with Crippen LogP contribution in [0.2, 0.25) is 0 Å². The zero-order valence-corrected chi connectivity index (χ0v) is 11.0. The van der Waals surface area contributed by atoms with Gasteiger partial charge in [0.2, 0.25) is 0 Å². The third-order valence-corrected chi connectivity index (χ3v) is 3.71. The maximum atomic E-state index is 4.74. The van der Waals surface area contributed by atoms with Crippen LogP contribution in [0, 0.1) is 12.8 Å². The summed E-state index contributed by atoms with van der Waals surface area (Å²) in [7, 11) is 0.